The van der Waals surface area contributed by atoms with Gasteiger partial charge >= 0.3 is 5.97 Å². The van der Waals surface area contributed by atoms with Crippen molar-refractivity contribution in [3.05, 3.63) is 54.1 Å². The Balaban J connectivity index is 2.23. The van der Waals surface area contributed by atoms with Gasteiger partial charge in [0.05, 0.1) is 12.2 Å². The molecule has 0 aliphatic carbocycles. The van der Waals surface area contributed by atoms with E-state index in [0.29, 0.717) is 29.4 Å². The maximum atomic E-state index is 11.7. The largest absolute Gasteiger partial charge is 0.462 e. The monoisotopic (exact) mass is 257 g/mol. The minimum Gasteiger partial charge on any atom is -0.462 e. The van der Waals surface area contributed by atoms with Gasteiger partial charge in [-0.25, -0.2) is 4.79 Å². The van der Waals surface area contributed by atoms with Crippen molar-refractivity contribution in [1.29, 1.82) is 0 Å². The van der Waals surface area contributed by atoms with E-state index in [4.69, 9.17) is 15.2 Å². The average molecular weight is 257 g/mol. The van der Waals surface area contributed by atoms with Gasteiger partial charge in [0, 0.05) is 5.69 Å². The Morgan fingerprint density at radius 1 is 1.11 bits per heavy atom. The van der Waals surface area contributed by atoms with Crippen LogP contribution in [0.25, 0.3) is 0 Å². The number of nitrogens with two attached hydrogens (primary N) is 1. The van der Waals surface area contributed by atoms with Crippen LogP contribution >= 0.6 is 0 Å². The van der Waals surface area contributed by atoms with E-state index < -0.39 is 5.97 Å². The van der Waals surface area contributed by atoms with Gasteiger partial charge in [-0.05, 0) is 37.3 Å². The molecule has 0 saturated carbocycles. The lowest BCUT2D eigenvalue weighted by Crippen LogP contribution is -2.08. The van der Waals surface area contributed by atoms with Gasteiger partial charge in [0.2, 0.25) is 0 Å². The first-order valence-electron chi connectivity index (χ1n) is 6.00. The van der Waals surface area contributed by atoms with E-state index >= 15 is 0 Å². The quantitative estimate of drug-likeness (QED) is 0.674. The van der Waals surface area contributed by atoms with Crippen LogP contribution in [0.15, 0.2) is 48.5 Å². The molecule has 19 heavy (non-hydrogen) atoms. The van der Waals surface area contributed by atoms with E-state index in [1.54, 1.807) is 25.1 Å². The van der Waals surface area contributed by atoms with Crippen LogP contribution < -0.4 is 10.5 Å². The number of nitrogen functional groups attached to an aromatic ring is 1. The Morgan fingerprint density at radius 3 is 2.53 bits per heavy atom. The van der Waals surface area contributed by atoms with Crippen molar-refractivity contribution >= 4 is 11.7 Å². The molecule has 0 unspecified atom stereocenters. The SMILES string of the molecule is CCOC(=O)c1cc(Oc2ccccc2)ccc1N. The second-order valence-electron chi connectivity index (χ2n) is 3.88. The summed E-state index contributed by atoms with van der Waals surface area (Å²) in [4.78, 5) is 11.7. The zero-order chi connectivity index (χ0) is 13.7. The molecule has 2 N–H and O–H groups in total. The second kappa shape index (κ2) is 5.91. The van der Waals surface area contributed by atoms with E-state index in [1.807, 2.05) is 30.3 Å². The molecule has 0 radical (unpaired) electrons. The lowest BCUT2D eigenvalue weighted by Gasteiger charge is -2.09. The number of hydrogen-bond acceptors (Lipinski definition) is 4. The molecule has 0 spiro atoms. The van der Waals surface area contributed by atoms with Crippen molar-refractivity contribution in [3.8, 4) is 11.5 Å². The van der Waals surface area contributed by atoms with Crippen molar-refractivity contribution in [2.75, 3.05) is 12.3 Å². The number of rotatable bonds is 4. The van der Waals surface area contributed by atoms with Crippen LogP contribution in [-0.2, 0) is 4.74 Å². The second-order valence-corrected chi connectivity index (χ2v) is 3.88. The highest BCUT2D eigenvalue weighted by atomic mass is 16.5. The fraction of sp³-hybridized carbons (Fsp3) is 0.133. The Kier molecular flexibility index (Phi) is 4.03. The summed E-state index contributed by atoms with van der Waals surface area (Å²) < 4.78 is 10.6. The fourth-order valence-corrected chi connectivity index (χ4v) is 1.61. The molecule has 2 aromatic rings. The number of para-hydroxylation sites is 1. The van der Waals surface area contributed by atoms with Gasteiger partial charge in [-0.15, -0.1) is 0 Å². The minimum atomic E-state index is -0.446. The summed E-state index contributed by atoms with van der Waals surface area (Å²) in [5, 5.41) is 0. The first-order chi connectivity index (χ1) is 9.20. The smallest absolute Gasteiger partial charge is 0.340 e. The third kappa shape index (κ3) is 3.25. The molecule has 0 aromatic heterocycles. The van der Waals surface area contributed by atoms with Gasteiger partial charge in [0.15, 0.2) is 0 Å². The predicted molar refractivity (Wildman–Crippen MR) is 73.3 cm³/mol. The van der Waals surface area contributed by atoms with Crippen LogP contribution in [0.1, 0.15) is 17.3 Å². The Morgan fingerprint density at radius 2 is 1.84 bits per heavy atom. The molecule has 2 rings (SSSR count). The summed E-state index contributed by atoms with van der Waals surface area (Å²) in [6, 6.07) is 14.2. The van der Waals surface area contributed by atoms with Crippen LogP contribution in [0.2, 0.25) is 0 Å². The molecule has 2 aromatic carbocycles. The summed E-state index contributed by atoms with van der Waals surface area (Å²) in [6.07, 6.45) is 0. The van der Waals surface area contributed by atoms with E-state index in [0.717, 1.165) is 0 Å². The lowest BCUT2D eigenvalue weighted by molar-refractivity contribution is 0.0527. The highest BCUT2D eigenvalue weighted by Gasteiger charge is 2.12. The predicted octanol–water partition coefficient (Wildman–Crippen LogP) is 3.24. The Labute approximate surface area is 111 Å². The van der Waals surface area contributed by atoms with Crippen LogP contribution in [0.3, 0.4) is 0 Å². The van der Waals surface area contributed by atoms with Gasteiger partial charge in [0.1, 0.15) is 11.5 Å². The molecular weight excluding hydrogens is 242 g/mol. The molecule has 98 valence electrons. The minimum absolute atomic E-state index is 0.308. The third-order valence-electron chi connectivity index (χ3n) is 2.50. The number of benzene rings is 2. The molecule has 0 atom stereocenters. The summed E-state index contributed by atoms with van der Waals surface area (Å²) in [7, 11) is 0. The Bertz CT molecular complexity index is 567. The van der Waals surface area contributed by atoms with Crippen molar-refractivity contribution < 1.29 is 14.3 Å². The molecule has 4 nitrogen and oxygen atoms in total. The molecule has 0 heterocycles. The van der Waals surface area contributed by atoms with Crippen molar-refractivity contribution in [2.45, 2.75) is 6.92 Å². The standard InChI is InChI=1S/C15H15NO3/c1-2-18-15(17)13-10-12(8-9-14(13)16)19-11-6-4-3-5-7-11/h3-10H,2,16H2,1H3. The van der Waals surface area contributed by atoms with Crippen molar-refractivity contribution in [2.24, 2.45) is 0 Å². The summed E-state index contributed by atoms with van der Waals surface area (Å²) in [5.74, 6) is 0.795. The number of carbonyl (C=O) groups excluding carboxylic acids is 1. The number of hydrogen-bond donors (Lipinski definition) is 1. The number of anilines is 1. The van der Waals surface area contributed by atoms with Crippen LogP contribution in [-0.4, -0.2) is 12.6 Å². The van der Waals surface area contributed by atoms with E-state index in [2.05, 4.69) is 0 Å². The van der Waals surface area contributed by atoms with Gasteiger partial charge in [-0.3, -0.25) is 0 Å². The zero-order valence-corrected chi connectivity index (χ0v) is 10.6. The highest BCUT2D eigenvalue weighted by molar-refractivity contribution is 5.95. The fourth-order valence-electron chi connectivity index (χ4n) is 1.61. The molecular formula is C15H15NO3. The topological polar surface area (TPSA) is 61.5 Å². The normalized spacial score (nSPS) is 9.95. The van der Waals surface area contributed by atoms with Crippen LogP contribution in [0.5, 0.6) is 11.5 Å². The van der Waals surface area contributed by atoms with Crippen LogP contribution in [0, 0.1) is 0 Å². The first kappa shape index (κ1) is 13.0. The Hall–Kier alpha value is -2.49. The van der Waals surface area contributed by atoms with E-state index in [-0.39, 0.29) is 0 Å². The van der Waals surface area contributed by atoms with Crippen LogP contribution in [0.4, 0.5) is 5.69 Å². The molecule has 0 aliphatic rings. The van der Waals surface area contributed by atoms with Gasteiger partial charge in [0.25, 0.3) is 0 Å². The molecule has 0 bridgehead atoms. The first-order valence-corrected chi connectivity index (χ1v) is 6.00. The molecule has 0 amide bonds. The molecule has 0 saturated heterocycles. The summed E-state index contributed by atoms with van der Waals surface area (Å²) >= 11 is 0. The number of carbonyl (C=O) groups is 1. The lowest BCUT2D eigenvalue weighted by atomic mass is 10.1. The van der Waals surface area contributed by atoms with Crippen molar-refractivity contribution in [3.63, 3.8) is 0 Å². The maximum absolute atomic E-state index is 11.7. The maximum Gasteiger partial charge on any atom is 0.340 e. The van der Waals surface area contributed by atoms with Gasteiger partial charge < -0.3 is 15.2 Å². The van der Waals surface area contributed by atoms with E-state index in [9.17, 15) is 4.79 Å². The van der Waals surface area contributed by atoms with Crippen molar-refractivity contribution in [1.82, 2.24) is 0 Å². The zero-order valence-electron chi connectivity index (χ0n) is 10.6. The number of ether oxygens (including phenoxy) is 2. The summed E-state index contributed by atoms with van der Waals surface area (Å²) in [6.45, 7) is 2.06. The van der Waals surface area contributed by atoms with Gasteiger partial charge in [-0.2, -0.15) is 0 Å². The molecule has 0 fully saturated rings. The average Bonchev–Trinajstić information content (AvgIpc) is 2.42. The molecule has 0 aliphatic heterocycles. The van der Waals surface area contributed by atoms with Gasteiger partial charge in [-0.1, -0.05) is 18.2 Å². The highest BCUT2D eigenvalue weighted by Crippen LogP contribution is 2.25. The number of esters is 1. The summed E-state index contributed by atoms with van der Waals surface area (Å²) in [5.41, 5.74) is 6.45. The van der Waals surface area contributed by atoms with E-state index in [1.165, 1.54) is 0 Å². The molecule has 4 heteroatoms. The third-order valence-corrected chi connectivity index (χ3v) is 2.50.